The molecule has 0 spiro atoms. The molecule has 1 aromatic carbocycles. The Labute approximate surface area is 129 Å². The molecule has 0 saturated carbocycles. The van der Waals surface area contributed by atoms with Gasteiger partial charge in [0.2, 0.25) is 0 Å². The monoisotopic (exact) mass is 303 g/mol. The highest BCUT2D eigenvalue weighted by atomic mass is 16.4. The van der Waals surface area contributed by atoms with E-state index in [9.17, 15) is 14.7 Å². The molecule has 0 saturated heterocycles. The molecule has 0 aliphatic carbocycles. The smallest absolute Gasteiger partial charge is 0.326 e. The predicted molar refractivity (Wildman–Crippen MR) is 84.1 cm³/mol. The third-order valence-corrected chi connectivity index (χ3v) is 3.82. The first-order valence-corrected chi connectivity index (χ1v) is 7.48. The predicted octanol–water partition coefficient (Wildman–Crippen LogP) is 3.42. The molecular formula is C17H21NO4. The maximum absolute atomic E-state index is 12.4. The Bertz CT molecular complexity index is 702. The van der Waals surface area contributed by atoms with E-state index in [4.69, 9.17) is 4.42 Å². The molecule has 0 aliphatic rings. The minimum atomic E-state index is -1.02. The van der Waals surface area contributed by atoms with E-state index in [1.807, 2.05) is 39.0 Å². The molecule has 1 heterocycles. The number of hydrogen-bond donors (Lipinski definition) is 2. The van der Waals surface area contributed by atoms with Crippen molar-refractivity contribution in [2.45, 2.75) is 46.1 Å². The maximum Gasteiger partial charge on any atom is 0.326 e. The van der Waals surface area contributed by atoms with Gasteiger partial charge in [0.15, 0.2) is 5.76 Å². The molecule has 22 heavy (non-hydrogen) atoms. The van der Waals surface area contributed by atoms with Gasteiger partial charge in [-0.3, -0.25) is 4.79 Å². The number of carbonyl (C=O) groups is 2. The van der Waals surface area contributed by atoms with Crippen LogP contribution in [0.5, 0.6) is 0 Å². The van der Waals surface area contributed by atoms with Crippen molar-refractivity contribution in [3.8, 4) is 0 Å². The average molecular weight is 303 g/mol. The van der Waals surface area contributed by atoms with Crippen LogP contribution in [0.3, 0.4) is 0 Å². The molecule has 0 aliphatic heterocycles. The Hall–Kier alpha value is -2.30. The number of benzene rings is 1. The third kappa shape index (κ3) is 3.13. The molecule has 118 valence electrons. The van der Waals surface area contributed by atoms with Crippen molar-refractivity contribution in [3.63, 3.8) is 0 Å². The van der Waals surface area contributed by atoms with Crippen LogP contribution in [-0.2, 0) is 4.79 Å². The minimum absolute atomic E-state index is 0.187. The highest BCUT2D eigenvalue weighted by molar-refractivity contribution is 6.00. The van der Waals surface area contributed by atoms with Gasteiger partial charge in [0.1, 0.15) is 11.6 Å². The van der Waals surface area contributed by atoms with Gasteiger partial charge in [0.05, 0.1) is 0 Å². The highest BCUT2D eigenvalue weighted by Gasteiger charge is 2.24. The summed E-state index contributed by atoms with van der Waals surface area (Å²) in [4.78, 5) is 23.6. The summed E-state index contributed by atoms with van der Waals surface area (Å²) in [5.74, 6) is -1.31. The van der Waals surface area contributed by atoms with E-state index in [0.717, 1.165) is 29.4 Å². The van der Waals surface area contributed by atoms with Gasteiger partial charge in [0, 0.05) is 10.9 Å². The van der Waals surface area contributed by atoms with Crippen molar-refractivity contribution in [3.05, 3.63) is 35.1 Å². The van der Waals surface area contributed by atoms with Crippen molar-refractivity contribution in [1.29, 1.82) is 0 Å². The molecule has 2 aromatic rings. The van der Waals surface area contributed by atoms with E-state index >= 15 is 0 Å². The molecule has 0 fully saturated rings. The number of amides is 1. The largest absolute Gasteiger partial charge is 0.480 e. The Balaban J connectivity index is 2.27. The summed E-state index contributed by atoms with van der Waals surface area (Å²) in [5.41, 5.74) is 2.35. The van der Waals surface area contributed by atoms with Crippen molar-refractivity contribution in [1.82, 2.24) is 5.32 Å². The summed E-state index contributed by atoms with van der Waals surface area (Å²) in [6.45, 7) is 5.70. The van der Waals surface area contributed by atoms with Gasteiger partial charge in [-0.1, -0.05) is 38.0 Å². The first kappa shape index (κ1) is 16.1. The fourth-order valence-corrected chi connectivity index (χ4v) is 2.49. The van der Waals surface area contributed by atoms with Crippen LogP contribution in [0.15, 0.2) is 22.6 Å². The second-order valence-electron chi connectivity index (χ2n) is 5.51. The number of aliphatic carboxylic acids is 1. The third-order valence-electron chi connectivity index (χ3n) is 3.82. The normalized spacial score (nSPS) is 12.3. The zero-order valence-corrected chi connectivity index (χ0v) is 13.1. The molecule has 5 heteroatoms. The molecule has 2 rings (SSSR count). The number of hydrogen-bond acceptors (Lipinski definition) is 3. The Morgan fingerprint density at radius 1 is 1.32 bits per heavy atom. The number of unbranched alkanes of at least 4 members (excludes halogenated alkanes) is 1. The average Bonchev–Trinajstić information content (AvgIpc) is 2.82. The molecule has 0 bridgehead atoms. The van der Waals surface area contributed by atoms with Crippen molar-refractivity contribution >= 4 is 22.8 Å². The summed E-state index contributed by atoms with van der Waals surface area (Å²) in [7, 11) is 0. The van der Waals surface area contributed by atoms with Gasteiger partial charge >= 0.3 is 5.97 Å². The van der Waals surface area contributed by atoms with Crippen LogP contribution in [0.2, 0.25) is 0 Å². The fraction of sp³-hybridized carbons (Fsp3) is 0.412. The van der Waals surface area contributed by atoms with Crippen molar-refractivity contribution in [2.75, 3.05) is 0 Å². The lowest BCUT2D eigenvalue weighted by Crippen LogP contribution is -2.40. The molecule has 1 unspecified atom stereocenters. The van der Waals surface area contributed by atoms with Crippen LogP contribution in [0.25, 0.3) is 11.0 Å². The van der Waals surface area contributed by atoms with Crippen LogP contribution < -0.4 is 5.32 Å². The van der Waals surface area contributed by atoms with Gasteiger partial charge in [0.25, 0.3) is 5.91 Å². The summed E-state index contributed by atoms with van der Waals surface area (Å²) >= 11 is 0. The van der Waals surface area contributed by atoms with E-state index in [-0.39, 0.29) is 5.76 Å². The first-order chi connectivity index (χ1) is 10.5. The Kier molecular flexibility index (Phi) is 4.85. The lowest BCUT2D eigenvalue weighted by Gasteiger charge is -2.13. The Morgan fingerprint density at radius 3 is 2.64 bits per heavy atom. The van der Waals surface area contributed by atoms with E-state index in [2.05, 4.69) is 5.32 Å². The van der Waals surface area contributed by atoms with E-state index in [1.54, 1.807) is 0 Å². The maximum atomic E-state index is 12.4. The van der Waals surface area contributed by atoms with Gasteiger partial charge in [-0.15, -0.1) is 0 Å². The topological polar surface area (TPSA) is 79.5 Å². The molecule has 2 N–H and O–H groups in total. The number of nitrogens with one attached hydrogen (secondary N) is 1. The van der Waals surface area contributed by atoms with E-state index in [0.29, 0.717) is 12.0 Å². The summed E-state index contributed by atoms with van der Waals surface area (Å²) in [6, 6.07) is 4.82. The first-order valence-electron chi connectivity index (χ1n) is 7.48. The van der Waals surface area contributed by atoms with Crippen molar-refractivity contribution in [2.24, 2.45) is 0 Å². The highest BCUT2D eigenvalue weighted by Crippen LogP contribution is 2.27. The number of carbonyl (C=O) groups excluding carboxylic acids is 1. The molecule has 0 radical (unpaired) electrons. The molecule has 1 atom stereocenters. The number of carboxylic acids is 1. The Morgan fingerprint density at radius 2 is 2.05 bits per heavy atom. The standard InChI is InChI=1S/C17H21NO4/c1-4-5-9-13(17(20)21)18-16(19)15-11(3)12-8-6-7-10(2)14(12)22-15/h6-8,13H,4-5,9H2,1-3H3,(H,18,19)(H,20,21). The summed E-state index contributed by atoms with van der Waals surface area (Å²) < 4.78 is 5.67. The van der Waals surface area contributed by atoms with Crippen LogP contribution >= 0.6 is 0 Å². The summed E-state index contributed by atoms with van der Waals surface area (Å²) in [5, 5.41) is 12.6. The van der Waals surface area contributed by atoms with Gasteiger partial charge in [-0.25, -0.2) is 4.79 Å². The molecule has 1 amide bonds. The van der Waals surface area contributed by atoms with E-state index < -0.39 is 17.9 Å². The number of furan rings is 1. The van der Waals surface area contributed by atoms with Crippen LogP contribution in [0.4, 0.5) is 0 Å². The van der Waals surface area contributed by atoms with Crippen LogP contribution in [0, 0.1) is 13.8 Å². The summed E-state index contributed by atoms with van der Waals surface area (Å²) in [6.07, 6.45) is 2.04. The van der Waals surface area contributed by atoms with Gasteiger partial charge in [-0.05, 0) is 25.8 Å². The van der Waals surface area contributed by atoms with Gasteiger partial charge in [-0.2, -0.15) is 0 Å². The minimum Gasteiger partial charge on any atom is -0.480 e. The second-order valence-corrected chi connectivity index (χ2v) is 5.51. The van der Waals surface area contributed by atoms with Gasteiger partial charge < -0.3 is 14.8 Å². The number of rotatable bonds is 6. The second kappa shape index (κ2) is 6.64. The fourth-order valence-electron chi connectivity index (χ4n) is 2.49. The SMILES string of the molecule is CCCCC(NC(=O)c1oc2c(C)cccc2c1C)C(=O)O. The quantitative estimate of drug-likeness (QED) is 0.857. The van der Waals surface area contributed by atoms with Crippen LogP contribution in [0.1, 0.15) is 47.9 Å². The number of aryl methyl sites for hydroxylation is 2. The van der Waals surface area contributed by atoms with E-state index in [1.165, 1.54) is 0 Å². The number of carboxylic acid groups (broad SMARTS) is 1. The molecule has 5 nitrogen and oxygen atoms in total. The molecule has 1 aromatic heterocycles. The lowest BCUT2D eigenvalue weighted by atomic mass is 10.1. The number of fused-ring (bicyclic) bond motifs is 1. The number of para-hydroxylation sites is 1. The zero-order chi connectivity index (χ0) is 16.3. The van der Waals surface area contributed by atoms with Crippen molar-refractivity contribution < 1.29 is 19.1 Å². The zero-order valence-electron chi connectivity index (χ0n) is 13.1. The molecular weight excluding hydrogens is 282 g/mol. The van der Waals surface area contributed by atoms with Crippen LogP contribution in [-0.4, -0.2) is 23.0 Å². The lowest BCUT2D eigenvalue weighted by molar-refractivity contribution is -0.139.